The smallest absolute Gasteiger partial charge is 0.123 e. The maximum atomic E-state index is 12.9. The van der Waals surface area contributed by atoms with Gasteiger partial charge in [0.1, 0.15) is 5.82 Å². The number of aliphatic hydroxyl groups excluding tert-OH is 1. The van der Waals surface area contributed by atoms with E-state index in [1.807, 2.05) is 13.1 Å². The van der Waals surface area contributed by atoms with Crippen molar-refractivity contribution in [1.82, 2.24) is 4.90 Å². The van der Waals surface area contributed by atoms with Crippen LogP contribution in [0, 0.1) is 5.82 Å². The summed E-state index contributed by atoms with van der Waals surface area (Å²) in [4.78, 5) is 2.09. The van der Waals surface area contributed by atoms with E-state index in [0.29, 0.717) is 6.54 Å². The third kappa shape index (κ3) is 5.24. The zero-order chi connectivity index (χ0) is 12.0. The number of aliphatic hydroxyl groups is 1. The maximum Gasteiger partial charge on any atom is 0.123 e. The Kier molecular flexibility index (Phi) is 5.43. The van der Waals surface area contributed by atoms with Crippen molar-refractivity contribution in [1.29, 1.82) is 0 Å². The van der Waals surface area contributed by atoms with Gasteiger partial charge in [-0.15, -0.1) is 0 Å². The molecule has 0 heterocycles. The second-order valence-corrected chi connectivity index (χ2v) is 4.34. The van der Waals surface area contributed by atoms with Gasteiger partial charge in [0, 0.05) is 6.54 Å². The highest BCUT2D eigenvalue weighted by atomic mass is 19.1. The predicted octanol–water partition coefficient (Wildman–Crippen LogP) is 2.07. The molecule has 0 aliphatic heterocycles. The van der Waals surface area contributed by atoms with E-state index >= 15 is 0 Å². The summed E-state index contributed by atoms with van der Waals surface area (Å²) in [7, 11) is 1.98. The molecule has 0 aliphatic carbocycles. The molecule has 16 heavy (non-hydrogen) atoms. The fraction of sp³-hybridized carbons (Fsp3) is 0.538. The number of halogens is 1. The van der Waals surface area contributed by atoms with Crippen LogP contribution >= 0.6 is 0 Å². The molecule has 1 atom stereocenters. The van der Waals surface area contributed by atoms with Gasteiger partial charge in [0.15, 0.2) is 0 Å². The first kappa shape index (κ1) is 13.1. The molecule has 1 unspecified atom stereocenters. The predicted molar refractivity (Wildman–Crippen MR) is 63.9 cm³/mol. The maximum absolute atomic E-state index is 12.9. The Bertz CT molecular complexity index is 315. The highest BCUT2D eigenvalue weighted by Gasteiger charge is 2.02. The van der Waals surface area contributed by atoms with Gasteiger partial charge in [-0.2, -0.15) is 0 Å². The van der Waals surface area contributed by atoms with Gasteiger partial charge >= 0.3 is 0 Å². The zero-order valence-electron chi connectivity index (χ0n) is 9.99. The van der Waals surface area contributed by atoms with Gasteiger partial charge in [0.05, 0.1) is 6.10 Å². The number of nitrogens with zero attached hydrogens (tertiary/aromatic N) is 1. The van der Waals surface area contributed by atoms with Gasteiger partial charge in [-0.25, -0.2) is 4.39 Å². The standard InChI is InChI=1S/C13H20FNO/c1-11(16)10-15(2)8-4-6-12-5-3-7-13(14)9-12/h3,5,7,9,11,16H,4,6,8,10H2,1-2H3. The number of hydrogen-bond donors (Lipinski definition) is 1. The molecule has 0 saturated carbocycles. The van der Waals surface area contributed by atoms with E-state index < -0.39 is 0 Å². The quantitative estimate of drug-likeness (QED) is 0.801. The van der Waals surface area contributed by atoms with E-state index in [0.717, 1.165) is 24.9 Å². The van der Waals surface area contributed by atoms with Crippen LogP contribution in [0.25, 0.3) is 0 Å². The van der Waals surface area contributed by atoms with Gasteiger partial charge in [-0.3, -0.25) is 0 Å². The Labute approximate surface area is 96.7 Å². The molecule has 1 aromatic carbocycles. The van der Waals surface area contributed by atoms with Crippen LogP contribution in [0.1, 0.15) is 18.9 Å². The van der Waals surface area contributed by atoms with Gasteiger partial charge < -0.3 is 10.0 Å². The summed E-state index contributed by atoms with van der Waals surface area (Å²) in [5, 5.41) is 9.18. The van der Waals surface area contributed by atoms with Crippen LogP contribution < -0.4 is 0 Å². The first-order valence-corrected chi connectivity index (χ1v) is 5.69. The van der Waals surface area contributed by atoms with E-state index in [1.165, 1.54) is 6.07 Å². The fourth-order valence-electron chi connectivity index (χ4n) is 1.79. The van der Waals surface area contributed by atoms with Crippen LogP contribution in [0.3, 0.4) is 0 Å². The van der Waals surface area contributed by atoms with Crippen LogP contribution in [0.15, 0.2) is 24.3 Å². The van der Waals surface area contributed by atoms with Crippen LogP contribution in [-0.2, 0) is 6.42 Å². The summed E-state index contributed by atoms with van der Waals surface area (Å²) < 4.78 is 12.9. The minimum absolute atomic E-state index is 0.171. The highest BCUT2D eigenvalue weighted by Crippen LogP contribution is 2.06. The Hall–Kier alpha value is -0.930. The van der Waals surface area contributed by atoms with Crippen molar-refractivity contribution in [2.45, 2.75) is 25.9 Å². The van der Waals surface area contributed by atoms with Crippen LogP contribution in [0.2, 0.25) is 0 Å². The monoisotopic (exact) mass is 225 g/mol. The molecule has 0 saturated heterocycles. The molecule has 1 aromatic rings. The molecule has 0 bridgehead atoms. The summed E-state index contributed by atoms with van der Waals surface area (Å²) in [6, 6.07) is 6.72. The minimum atomic E-state index is -0.292. The molecule has 0 amide bonds. The lowest BCUT2D eigenvalue weighted by molar-refractivity contribution is 0.141. The molecule has 2 nitrogen and oxygen atoms in total. The van der Waals surface area contributed by atoms with Crippen LogP contribution in [-0.4, -0.2) is 36.2 Å². The zero-order valence-corrected chi connectivity index (χ0v) is 9.99. The normalized spacial score (nSPS) is 13.1. The van der Waals surface area contributed by atoms with Crippen molar-refractivity contribution in [2.75, 3.05) is 20.1 Å². The molecule has 0 spiro atoms. The van der Waals surface area contributed by atoms with Crippen LogP contribution in [0.4, 0.5) is 4.39 Å². The molecule has 90 valence electrons. The average Bonchev–Trinajstić information content (AvgIpc) is 2.16. The topological polar surface area (TPSA) is 23.5 Å². The van der Waals surface area contributed by atoms with E-state index in [-0.39, 0.29) is 11.9 Å². The van der Waals surface area contributed by atoms with E-state index in [9.17, 15) is 9.50 Å². The summed E-state index contributed by atoms with van der Waals surface area (Å²) in [6.07, 6.45) is 1.56. The third-order valence-corrected chi connectivity index (χ3v) is 2.47. The van der Waals surface area contributed by atoms with Crippen molar-refractivity contribution in [3.8, 4) is 0 Å². The number of hydrogen-bond acceptors (Lipinski definition) is 2. The molecule has 0 fully saturated rings. The van der Waals surface area contributed by atoms with Gasteiger partial charge in [0.2, 0.25) is 0 Å². The molecule has 3 heteroatoms. The Morgan fingerprint density at radius 2 is 2.19 bits per heavy atom. The molecule has 0 radical (unpaired) electrons. The highest BCUT2D eigenvalue weighted by molar-refractivity contribution is 5.16. The van der Waals surface area contributed by atoms with Crippen molar-refractivity contribution in [3.05, 3.63) is 35.6 Å². The summed E-state index contributed by atoms with van der Waals surface area (Å²) in [5.74, 6) is -0.171. The van der Waals surface area contributed by atoms with E-state index in [2.05, 4.69) is 4.90 Å². The lowest BCUT2D eigenvalue weighted by Crippen LogP contribution is -2.28. The molecule has 1 rings (SSSR count). The van der Waals surface area contributed by atoms with Crippen molar-refractivity contribution in [3.63, 3.8) is 0 Å². The van der Waals surface area contributed by atoms with Crippen LogP contribution in [0.5, 0.6) is 0 Å². The largest absolute Gasteiger partial charge is 0.392 e. The van der Waals surface area contributed by atoms with E-state index in [4.69, 9.17) is 0 Å². The van der Waals surface area contributed by atoms with Crippen molar-refractivity contribution >= 4 is 0 Å². The lowest BCUT2D eigenvalue weighted by atomic mass is 10.1. The number of aryl methyl sites for hydroxylation is 1. The van der Waals surface area contributed by atoms with Crippen molar-refractivity contribution in [2.24, 2.45) is 0 Å². The van der Waals surface area contributed by atoms with Gasteiger partial charge in [0.25, 0.3) is 0 Å². The molecule has 0 aromatic heterocycles. The first-order chi connectivity index (χ1) is 7.58. The molecule has 0 aliphatic rings. The molecular formula is C13H20FNO. The number of rotatable bonds is 6. The Morgan fingerprint density at radius 1 is 1.44 bits per heavy atom. The minimum Gasteiger partial charge on any atom is -0.392 e. The number of benzene rings is 1. The second kappa shape index (κ2) is 6.61. The first-order valence-electron chi connectivity index (χ1n) is 5.69. The SMILES string of the molecule is CC(O)CN(C)CCCc1cccc(F)c1. The summed E-state index contributed by atoms with van der Waals surface area (Å²) >= 11 is 0. The molecule has 1 N–H and O–H groups in total. The number of likely N-dealkylation sites (N-methyl/N-ethyl adjacent to an activating group) is 1. The van der Waals surface area contributed by atoms with Gasteiger partial charge in [-0.1, -0.05) is 12.1 Å². The Morgan fingerprint density at radius 3 is 2.81 bits per heavy atom. The Balaban J connectivity index is 2.25. The summed E-state index contributed by atoms with van der Waals surface area (Å²) in [5.41, 5.74) is 1.03. The summed E-state index contributed by atoms with van der Waals surface area (Å²) in [6.45, 7) is 3.38. The molecular weight excluding hydrogens is 205 g/mol. The fourth-order valence-corrected chi connectivity index (χ4v) is 1.79. The van der Waals surface area contributed by atoms with Crippen molar-refractivity contribution < 1.29 is 9.50 Å². The average molecular weight is 225 g/mol. The second-order valence-electron chi connectivity index (χ2n) is 4.34. The third-order valence-electron chi connectivity index (χ3n) is 2.47. The lowest BCUT2D eigenvalue weighted by Gasteiger charge is -2.17. The van der Waals surface area contributed by atoms with Gasteiger partial charge in [-0.05, 0) is 51.1 Å². The van der Waals surface area contributed by atoms with E-state index in [1.54, 1.807) is 19.1 Å².